The number of Topliss-reactive ketones (excluding diaryl/α,β-unsaturated/α-hetero) is 1. The number of benzene rings is 1. The van der Waals surface area contributed by atoms with E-state index in [0.717, 1.165) is 0 Å². The topological polar surface area (TPSA) is 47.6 Å². The van der Waals surface area contributed by atoms with Gasteiger partial charge in [-0.25, -0.2) is 0 Å². The molecule has 0 saturated heterocycles. The second kappa shape index (κ2) is 4.31. The van der Waals surface area contributed by atoms with E-state index in [-0.39, 0.29) is 12.4 Å². The Balaban J connectivity index is 2.08. The van der Waals surface area contributed by atoms with Crippen molar-refractivity contribution in [2.24, 2.45) is 0 Å². The van der Waals surface area contributed by atoms with Gasteiger partial charge in [-0.2, -0.15) is 0 Å². The minimum Gasteiger partial charge on any atom is -0.485 e. The maximum Gasteiger partial charge on any atom is 0.192 e. The van der Waals surface area contributed by atoms with Gasteiger partial charge in [0.2, 0.25) is 0 Å². The molecule has 1 atom stereocenters. The van der Waals surface area contributed by atoms with Crippen LogP contribution in [0.5, 0.6) is 11.5 Å². The molecule has 1 aliphatic heterocycles. The number of hydrogen-bond acceptors (Lipinski definition) is 4. The first-order chi connectivity index (χ1) is 7.31. The van der Waals surface area contributed by atoms with Crippen LogP contribution in [0.2, 0.25) is 0 Å². The highest BCUT2D eigenvalue weighted by Gasteiger charge is 2.26. The molecule has 4 nitrogen and oxygen atoms in total. The Morgan fingerprint density at radius 1 is 1.47 bits per heavy atom. The lowest BCUT2D eigenvalue weighted by molar-refractivity contribution is -0.127. The number of para-hydroxylation sites is 2. The summed E-state index contributed by atoms with van der Waals surface area (Å²) in [6, 6.07) is 7.35. The van der Waals surface area contributed by atoms with Crippen LogP contribution in [0.3, 0.4) is 0 Å². The van der Waals surface area contributed by atoms with Crippen LogP contribution in [-0.4, -0.2) is 32.1 Å². The van der Waals surface area contributed by atoms with Crippen LogP contribution in [0.1, 0.15) is 0 Å². The molecule has 1 aliphatic rings. The van der Waals surface area contributed by atoms with Gasteiger partial charge in [0.15, 0.2) is 23.4 Å². The number of nitrogens with one attached hydrogen (secondary N) is 1. The standard InChI is InChI=1S/C11H13NO3/c1-12-6-8(13)11-7-14-9-4-2-3-5-10(9)15-11/h2-5,11-12H,6-7H2,1H3. The largest absolute Gasteiger partial charge is 0.485 e. The van der Waals surface area contributed by atoms with Crippen molar-refractivity contribution < 1.29 is 14.3 Å². The van der Waals surface area contributed by atoms with Crippen LogP contribution in [0.25, 0.3) is 0 Å². The van der Waals surface area contributed by atoms with Gasteiger partial charge in [0.05, 0.1) is 6.54 Å². The number of fused-ring (bicyclic) bond motifs is 1. The Hall–Kier alpha value is -1.55. The van der Waals surface area contributed by atoms with E-state index in [1.807, 2.05) is 18.2 Å². The lowest BCUT2D eigenvalue weighted by atomic mass is 10.2. The average Bonchev–Trinajstić information content (AvgIpc) is 2.29. The maximum atomic E-state index is 11.5. The minimum absolute atomic E-state index is 0.00648. The van der Waals surface area contributed by atoms with E-state index in [4.69, 9.17) is 9.47 Å². The second-order valence-electron chi connectivity index (χ2n) is 3.36. The highest BCUT2D eigenvalue weighted by Crippen LogP contribution is 2.30. The summed E-state index contributed by atoms with van der Waals surface area (Å²) in [5.41, 5.74) is 0. The van der Waals surface area contributed by atoms with Gasteiger partial charge in [-0.3, -0.25) is 4.79 Å². The van der Waals surface area contributed by atoms with E-state index in [9.17, 15) is 4.79 Å². The molecule has 0 fully saturated rings. The summed E-state index contributed by atoms with van der Waals surface area (Å²) in [6.45, 7) is 0.591. The Morgan fingerprint density at radius 3 is 2.93 bits per heavy atom. The number of ketones is 1. The zero-order chi connectivity index (χ0) is 10.7. The first kappa shape index (κ1) is 9.98. The molecule has 0 amide bonds. The van der Waals surface area contributed by atoms with Gasteiger partial charge in [-0.05, 0) is 19.2 Å². The molecule has 0 aliphatic carbocycles. The molecular formula is C11H13NO3. The van der Waals surface area contributed by atoms with Gasteiger partial charge in [0, 0.05) is 0 Å². The van der Waals surface area contributed by atoms with Gasteiger partial charge in [0.25, 0.3) is 0 Å². The second-order valence-corrected chi connectivity index (χ2v) is 3.36. The number of carbonyl (C=O) groups is 1. The maximum absolute atomic E-state index is 11.5. The molecule has 1 aromatic rings. The van der Waals surface area contributed by atoms with Crippen molar-refractivity contribution in [3.8, 4) is 11.5 Å². The van der Waals surface area contributed by atoms with Gasteiger partial charge in [-0.15, -0.1) is 0 Å². The third-order valence-electron chi connectivity index (χ3n) is 2.22. The van der Waals surface area contributed by atoms with Crippen LogP contribution in [0.15, 0.2) is 24.3 Å². The van der Waals surface area contributed by atoms with E-state index in [2.05, 4.69) is 5.32 Å². The molecule has 2 rings (SSSR count). The number of ether oxygens (including phenoxy) is 2. The van der Waals surface area contributed by atoms with Crippen molar-refractivity contribution >= 4 is 5.78 Å². The molecule has 1 aromatic carbocycles. The SMILES string of the molecule is CNCC(=O)C1COc2ccccc2O1. The fraction of sp³-hybridized carbons (Fsp3) is 0.364. The molecule has 1 heterocycles. The van der Waals surface area contributed by atoms with Gasteiger partial charge in [-0.1, -0.05) is 12.1 Å². The lowest BCUT2D eigenvalue weighted by Crippen LogP contribution is -2.40. The molecule has 15 heavy (non-hydrogen) atoms. The summed E-state index contributed by atoms with van der Waals surface area (Å²) in [4.78, 5) is 11.5. The third-order valence-corrected chi connectivity index (χ3v) is 2.22. The van der Waals surface area contributed by atoms with Gasteiger partial charge < -0.3 is 14.8 Å². The lowest BCUT2D eigenvalue weighted by Gasteiger charge is -2.25. The smallest absolute Gasteiger partial charge is 0.192 e. The highest BCUT2D eigenvalue weighted by atomic mass is 16.6. The zero-order valence-corrected chi connectivity index (χ0v) is 8.53. The fourth-order valence-electron chi connectivity index (χ4n) is 1.47. The van der Waals surface area contributed by atoms with Crippen molar-refractivity contribution in [2.45, 2.75) is 6.10 Å². The van der Waals surface area contributed by atoms with Crippen LogP contribution in [0, 0.1) is 0 Å². The quantitative estimate of drug-likeness (QED) is 0.789. The predicted molar refractivity (Wildman–Crippen MR) is 55.3 cm³/mol. The number of carbonyl (C=O) groups excluding carboxylic acids is 1. The van der Waals surface area contributed by atoms with Crippen molar-refractivity contribution in [3.05, 3.63) is 24.3 Å². The highest BCUT2D eigenvalue weighted by molar-refractivity contribution is 5.85. The van der Waals surface area contributed by atoms with Crippen LogP contribution in [-0.2, 0) is 4.79 Å². The molecule has 80 valence electrons. The Labute approximate surface area is 88.2 Å². The first-order valence-electron chi connectivity index (χ1n) is 4.87. The molecule has 0 saturated carbocycles. The summed E-state index contributed by atoms with van der Waals surface area (Å²) in [7, 11) is 1.73. The van der Waals surface area contributed by atoms with E-state index in [0.29, 0.717) is 18.0 Å². The number of rotatable bonds is 3. The summed E-state index contributed by atoms with van der Waals surface area (Å²) in [5, 5.41) is 2.80. The van der Waals surface area contributed by atoms with Crippen molar-refractivity contribution in [1.29, 1.82) is 0 Å². The molecule has 0 aromatic heterocycles. The van der Waals surface area contributed by atoms with Crippen molar-refractivity contribution in [1.82, 2.24) is 5.32 Å². The van der Waals surface area contributed by atoms with E-state index < -0.39 is 6.10 Å². The monoisotopic (exact) mass is 207 g/mol. The summed E-state index contributed by atoms with van der Waals surface area (Å²) in [5.74, 6) is 1.34. The summed E-state index contributed by atoms with van der Waals surface area (Å²) < 4.78 is 11.0. The summed E-state index contributed by atoms with van der Waals surface area (Å²) in [6.07, 6.45) is -0.493. The molecule has 0 spiro atoms. The van der Waals surface area contributed by atoms with E-state index >= 15 is 0 Å². The molecular weight excluding hydrogens is 194 g/mol. The van der Waals surface area contributed by atoms with Crippen LogP contribution < -0.4 is 14.8 Å². The van der Waals surface area contributed by atoms with Gasteiger partial charge >= 0.3 is 0 Å². The fourth-order valence-corrected chi connectivity index (χ4v) is 1.47. The molecule has 1 unspecified atom stereocenters. The zero-order valence-electron chi connectivity index (χ0n) is 8.53. The molecule has 0 bridgehead atoms. The Morgan fingerprint density at radius 2 is 2.20 bits per heavy atom. The van der Waals surface area contributed by atoms with Crippen molar-refractivity contribution in [3.63, 3.8) is 0 Å². The first-order valence-corrected chi connectivity index (χ1v) is 4.87. The molecule has 0 radical (unpaired) electrons. The van der Waals surface area contributed by atoms with Crippen molar-refractivity contribution in [2.75, 3.05) is 20.2 Å². The normalized spacial score (nSPS) is 18.6. The van der Waals surface area contributed by atoms with Gasteiger partial charge in [0.1, 0.15) is 6.61 Å². The Bertz CT molecular complexity index is 365. The number of likely N-dealkylation sites (N-methyl/N-ethyl adjacent to an activating group) is 1. The number of hydrogen-bond donors (Lipinski definition) is 1. The molecule has 1 N–H and O–H groups in total. The van der Waals surface area contributed by atoms with E-state index in [1.54, 1.807) is 13.1 Å². The van der Waals surface area contributed by atoms with Crippen LogP contribution in [0.4, 0.5) is 0 Å². The van der Waals surface area contributed by atoms with Crippen LogP contribution >= 0.6 is 0 Å². The van der Waals surface area contributed by atoms with E-state index in [1.165, 1.54) is 0 Å². The predicted octanol–water partition coefficient (Wildman–Crippen LogP) is 0.615. The Kier molecular flexibility index (Phi) is 2.87. The summed E-state index contributed by atoms with van der Waals surface area (Å²) >= 11 is 0. The third kappa shape index (κ3) is 2.10. The average molecular weight is 207 g/mol. The molecule has 4 heteroatoms. The minimum atomic E-state index is -0.493.